The molecule has 0 atom stereocenters. The molecular weight excluding hydrogens is 476 g/mol. The molecule has 9 heteroatoms. The summed E-state index contributed by atoms with van der Waals surface area (Å²) < 4.78 is 33.3. The normalized spacial score (nSPS) is 13.8. The summed E-state index contributed by atoms with van der Waals surface area (Å²) in [6.07, 6.45) is 2.10. The molecule has 1 aliphatic rings. The molecule has 4 aromatic rings. The summed E-state index contributed by atoms with van der Waals surface area (Å²) in [5.41, 5.74) is 4.75. The molecule has 0 radical (unpaired) electrons. The lowest BCUT2D eigenvalue weighted by Crippen LogP contribution is -2.35. The average molecular weight is 503 g/mol. The number of carbonyl (C=O) groups excluding carboxylic acids is 1. The quantitative estimate of drug-likeness (QED) is 0.406. The molecule has 0 bridgehead atoms. The Morgan fingerprint density at radius 1 is 0.944 bits per heavy atom. The van der Waals surface area contributed by atoms with Crippen LogP contribution in [0.15, 0.2) is 82.1 Å². The van der Waals surface area contributed by atoms with Crippen LogP contribution in [0, 0.1) is 0 Å². The average Bonchev–Trinajstić information content (AvgIpc) is 3.35. The lowest BCUT2D eigenvalue weighted by atomic mass is 10.0. The number of hydrogen-bond acceptors (Lipinski definition) is 6. The molecule has 1 aromatic heterocycles. The Morgan fingerprint density at radius 3 is 2.36 bits per heavy atom. The van der Waals surface area contributed by atoms with E-state index in [1.165, 1.54) is 39.7 Å². The maximum atomic E-state index is 13.1. The minimum absolute atomic E-state index is 0.0103. The van der Waals surface area contributed by atoms with Crippen molar-refractivity contribution in [3.05, 3.63) is 107 Å². The van der Waals surface area contributed by atoms with Crippen molar-refractivity contribution in [2.45, 2.75) is 37.6 Å². The molecule has 1 aliphatic heterocycles. The molecule has 2 heterocycles. The van der Waals surface area contributed by atoms with Crippen molar-refractivity contribution >= 4 is 21.9 Å². The summed E-state index contributed by atoms with van der Waals surface area (Å²) in [5, 5.41) is 10.5. The number of amides is 1. The Hall–Kier alpha value is -3.82. The van der Waals surface area contributed by atoms with E-state index in [1.54, 1.807) is 0 Å². The van der Waals surface area contributed by atoms with E-state index < -0.39 is 15.9 Å². The van der Waals surface area contributed by atoms with Gasteiger partial charge in [0.2, 0.25) is 15.9 Å². The Bertz CT molecular complexity index is 1480. The van der Waals surface area contributed by atoms with Crippen molar-refractivity contribution in [1.29, 1.82) is 0 Å². The Labute approximate surface area is 210 Å². The SMILES string of the molecule is CCc1ccc(Cc2nnc(NC(=O)c3ccc(S(=O)(=O)N4CCc5ccccc5C4)cc3)o2)cc1. The molecule has 5 rings (SSSR count). The number of rotatable bonds is 7. The van der Waals surface area contributed by atoms with E-state index in [2.05, 4.69) is 34.6 Å². The number of carbonyl (C=O) groups is 1. The number of nitrogens with one attached hydrogen (secondary N) is 1. The van der Waals surface area contributed by atoms with E-state index in [0.717, 1.165) is 17.5 Å². The van der Waals surface area contributed by atoms with Gasteiger partial charge in [-0.3, -0.25) is 10.1 Å². The first-order valence-electron chi connectivity index (χ1n) is 11.8. The fourth-order valence-corrected chi connectivity index (χ4v) is 5.63. The zero-order valence-electron chi connectivity index (χ0n) is 19.8. The second kappa shape index (κ2) is 10.0. The van der Waals surface area contributed by atoms with Gasteiger partial charge in [0.25, 0.3) is 5.91 Å². The molecule has 8 nitrogen and oxygen atoms in total. The summed E-state index contributed by atoms with van der Waals surface area (Å²) in [6.45, 7) is 2.86. The van der Waals surface area contributed by atoms with Gasteiger partial charge in [-0.1, -0.05) is 60.6 Å². The molecule has 1 N–H and O–H groups in total. The second-order valence-corrected chi connectivity index (χ2v) is 10.6. The minimum Gasteiger partial charge on any atom is -0.407 e. The number of sulfonamides is 1. The molecule has 0 aliphatic carbocycles. The van der Waals surface area contributed by atoms with Crippen LogP contribution in [0.25, 0.3) is 0 Å². The first-order chi connectivity index (χ1) is 17.4. The van der Waals surface area contributed by atoms with E-state index in [0.29, 0.717) is 31.8 Å². The molecule has 36 heavy (non-hydrogen) atoms. The van der Waals surface area contributed by atoms with Crippen LogP contribution in [0.3, 0.4) is 0 Å². The fraction of sp³-hybridized carbons (Fsp3) is 0.222. The lowest BCUT2D eigenvalue weighted by molar-refractivity contribution is 0.102. The van der Waals surface area contributed by atoms with Crippen LogP contribution >= 0.6 is 0 Å². The minimum atomic E-state index is -3.68. The van der Waals surface area contributed by atoms with Crippen LogP contribution < -0.4 is 5.32 Å². The highest BCUT2D eigenvalue weighted by Gasteiger charge is 2.28. The van der Waals surface area contributed by atoms with Gasteiger partial charge in [0, 0.05) is 18.7 Å². The third-order valence-corrected chi connectivity index (χ3v) is 8.18. The third kappa shape index (κ3) is 5.07. The molecule has 1 amide bonds. The van der Waals surface area contributed by atoms with Gasteiger partial charge in [-0.25, -0.2) is 8.42 Å². The number of benzene rings is 3. The molecule has 3 aromatic carbocycles. The van der Waals surface area contributed by atoms with Gasteiger partial charge >= 0.3 is 6.01 Å². The van der Waals surface area contributed by atoms with Gasteiger partial charge < -0.3 is 4.42 Å². The maximum absolute atomic E-state index is 13.1. The summed E-state index contributed by atoms with van der Waals surface area (Å²) in [7, 11) is -3.68. The molecular formula is C27H26N4O4S. The summed E-state index contributed by atoms with van der Waals surface area (Å²) >= 11 is 0. The van der Waals surface area contributed by atoms with Gasteiger partial charge in [-0.15, -0.1) is 5.10 Å². The molecule has 184 valence electrons. The number of fused-ring (bicyclic) bond motifs is 1. The van der Waals surface area contributed by atoms with Gasteiger partial charge in [0.15, 0.2) is 0 Å². The van der Waals surface area contributed by atoms with Crippen molar-refractivity contribution in [3.63, 3.8) is 0 Å². The third-order valence-electron chi connectivity index (χ3n) is 6.32. The largest absolute Gasteiger partial charge is 0.407 e. The van der Waals surface area contributed by atoms with Gasteiger partial charge in [0.05, 0.1) is 11.3 Å². The predicted octanol–water partition coefficient (Wildman–Crippen LogP) is 4.22. The summed E-state index contributed by atoms with van der Waals surface area (Å²) in [5.74, 6) is -0.0764. The number of aryl methyl sites for hydroxylation is 1. The summed E-state index contributed by atoms with van der Waals surface area (Å²) in [4.78, 5) is 12.8. The number of hydrogen-bond donors (Lipinski definition) is 1. The number of nitrogens with zero attached hydrogens (tertiary/aromatic N) is 3. The van der Waals surface area contributed by atoms with Crippen molar-refractivity contribution in [2.75, 3.05) is 11.9 Å². The van der Waals surface area contributed by atoms with Gasteiger partial charge in [-0.05, 0) is 59.4 Å². The predicted molar refractivity (Wildman–Crippen MR) is 135 cm³/mol. The van der Waals surface area contributed by atoms with Crippen LogP contribution in [-0.2, 0) is 35.8 Å². The van der Waals surface area contributed by atoms with Crippen molar-refractivity contribution < 1.29 is 17.6 Å². The highest BCUT2D eigenvalue weighted by atomic mass is 32.2. The molecule has 0 saturated heterocycles. The number of aromatic nitrogens is 2. The molecule has 0 fully saturated rings. The topological polar surface area (TPSA) is 105 Å². The van der Waals surface area contributed by atoms with Crippen molar-refractivity contribution in [1.82, 2.24) is 14.5 Å². The van der Waals surface area contributed by atoms with E-state index in [4.69, 9.17) is 4.42 Å². The van der Waals surface area contributed by atoms with E-state index in [-0.39, 0.29) is 16.5 Å². The first kappa shape index (κ1) is 23.9. The highest BCUT2D eigenvalue weighted by molar-refractivity contribution is 7.89. The Balaban J connectivity index is 1.22. The molecule has 0 saturated carbocycles. The first-order valence-corrected chi connectivity index (χ1v) is 13.2. The number of anilines is 1. The van der Waals surface area contributed by atoms with Gasteiger partial charge in [0.1, 0.15) is 0 Å². The standard InChI is InChI=1S/C27H26N4O4S/c1-2-19-7-9-20(10-8-19)17-25-29-30-27(35-25)28-26(32)22-11-13-24(14-12-22)36(33,34)31-16-15-21-5-3-4-6-23(21)18-31/h3-14H,2,15-18H2,1H3,(H,28,30,32). The smallest absolute Gasteiger partial charge is 0.322 e. The molecule has 0 unspecified atom stereocenters. The van der Waals surface area contributed by atoms with Crippen LogP contribution in [-0.4, -0.2) is 35.4 Å². The van der Waals surface area contributed by atoms with Crippen LogP contribution in [0.5, 0.6) is 0 Å². The van der Waals surface area contributed by atoms with Crippen LogP contribution in [0.4, 0.5) is 6.01 Å². The van der Waals surface area contributed by atoms with E-state index in [9.17, 15) is 13.2 Å². The molecule has 0 spiro atoms. The fourth-order valence-electron chi connectivity index (χ4n) is 4.21. The van der Waals surface area contributed by atoms with Crippen molar-refractivity contribution in [3.8, 4) is 0 Å². The Kier molecular flexibility index (Phi) is 6.67. The van der Waals surface area contributed by atoms with Crippen LogP contribution in [0.2, 0.25) is 0 Å². The highest BCUT2D eigenvalue weighted by Crippen LogP contribution is 2.25. The monoisotopic (exact) mass is 502 g/mol. The Morgan fingerprint density at radius 2 is 1.64 bits per heavy atom. The van der Waals surface area contributed by atoms with Gasteiger partial charge in [-0.2, -0.15) is 4.31 Å². The van der Waals surface area contributed by atoms with E-state index >= 15 is 0 Å². The second-order valence-electron chi connectivity index (χ2n) is 8.68. The maximum Gasteiger partial charge on any atom is 0.322 e. The lowest BCUT2D eigenvalue weighted by Gasteiger charge is -2.28. The van der Waals surface area contributed by atoms with E-state index in [1.807, 2.05) is 36.4 Å². The zero-order valence-corrected chi connectivity index (χ0v) is 20.7. The zero-order chi connectivity index (χ0) is 25.1. The summed E-state index contributed by atoms with van der Waals surface area (Å²) in [6, 6.07) is 21.9. The van der Waals surface area contributed by atoms with Crippen molar-refractivity contribution in [2.24, 2.45) is 0 Å². The van der Waals surface area contributed by atoms with Crippen LogP contribution in [0.1, 0.15) is 45.4 Å².